The van der Waals surface area contributed by atoms with Crippen LogP contribution in [0.4, 0.5) is 41.0 Å². The highest BCUT2D eigenvalue weighted by Crippen LogP contribution is 2.22. The molecule has 0 saturated heterocycles. The Bertz CT molecular complexity index is 987. The van der Waals surface area contributed by atoms with E-state index in [4.69, 9.17) is 0 Å². The summed E-state index contributed by atoms with van der Waals surface area (Å²) in [6.45, 7) is 0.0310. The van der Waals surface area contributed by atoms with Gasteiger partial charge in [0.05, 0.1) is 6.54 Å². The maximum absolute atomic E-state index is 13.4. The molecule has 152 valence electrons. The molecular weight excluding hydrogens is 390 g/mol. The summed E-state index contributed by atoms with van der Waals surface area (Å²) in [7, 11) is 1.68. The minimum absolute atomic E-state index is 0.0448. The normalized spacial score (nSPS) is 11.2. The molecule has 0 spiro atoms. The largest absolute Gasteiger partial charge is 0.373 e. The highest BCUT2D eigenvalue weighted by atomic mass is 19.3. The highest BCUT2D eigenvalue weighted by Gasteiger charge is 2.21. The number of aromatic nitrogens is 4. The first-order chi connectivity index (χ1) is 13.7. The number of nitrogens with zero attached hydrogens (tertiary/aromatic N) is 4. The fraction of sp³-hybridized carbons (Fsp3) is 0.222. The zero-order valence-corrected chi connectivity index (χ0v) is 15.5. The third-order valence-corrected chi connectivity index (χ3v) is 3.55. The molecule has 2 aromatic heterocycles. The number of alkyl halides is 2. The molecule has 0 amide bonds. The summed E-state index contributed by atoms with van der Waals surface area (Å²) in [5.41, 5.74) is 0.391. The number of hydrogen-bond donors (Lipinski definition) is 3. The first-order valence-corrected chi connectivity index (χ1v) is 8.48. The first kappa shape index (κ1) is 20.2. The van der Waals surface area contributed by atoms with Gasteiger partial charge in [-0.2, -0.15) is 15.0 Å². The van der Waals surface area contributed by atoms with E-state index in [-0.39, 0.29) is 23.4 Å². The molecule has 0 aliphatic rings. The summed E-state index contributed by atoms with van der Waals surface area (Å²) in [6, 6.07) is 7.85. The molecule has 0 aliphatic carbocycles. The van der Waals surface area contributed by atoms with Gasteiger partial charge in [0.2, 0.25) is 11.9 Å². The van der Waals surface area contributed by atoms with E-state index < -0.39 is 24.1 Å². The van der Waals surface area contributed by atoms with E-state index >= 15 is 0 Å². The zero-order chi connectivity index (χ0) is 21.0. The summed E-state index contributed by atoms with van der Waals surface area (Å²) in [5.74, 6) is -4.22. The van der Waals surface area contributed by atoms with Crippen LogP contribution in [0.5, 0.6) is 0 Å². The standard InChI is InChI=1S/C18H17F4N7/c1-18(21,22)9-24-16-27-15(13-4-3-5-14(23-2)26-13)28-17(29-16)25-12-7-10(19)6-11(20)8-12/h3-8H,9H2,1-2H3,(H,23,26)(H2,24,25,27,28,29). The molecule has 3 N–H and O–H groups in total. The van der Waals surface area contributed by atoms with E-state index in [2.05, 4.69) is 35.9 Å². The van der Waals surface area contributed by atoms with Crippen LogP contribution in [0.3, 0.4) is 0 Å². The minimum atomic E-state index is -3.00. The van der Waals surface area contributed by atoms with Gasteiger partial charge in [0.15, 0.2) is 5.82 Å². The SMILES string of the molecule is CNc1cccc(-c2nc(NCC(C)(F)F)nc(Nc3cc(F)cc(F)c3)n2)n1. The van der Waals surface area contributed by atoms with Gasteiger partial charge in [0.25, 0.3) is 5.92 Å². The molecule has 11 heteroatoms. The quantitative estimate of drug-likeness (QED) is 0.509. The predicted molar refractivity (Wildman–Crippen MR) is 101 cm³/mol. The van der Waals surface area contributed by atoms with Crippen LogP contribution in [0, 0.1) is 11.6 Å². The van der Waals surface area contributed by atoms with Crippen LogP contribution in [0.2, 0.25) is 0 Å². The fourth-order valence-electron chi connectivity index (χ4n) is 2.31. The van der Waals surface area contributed by atoms with Crippen molar-refractivity contribution in [2.75, 3.05) is 29.5 Å². The number of nitrogens with one attached hydrogen (secondary N) is 3. The van der Waals surface area contributed by atoms with Gasteiger partial charge >= 0.3 is 0 Å². The van der Waals surface area contributed by atoms with Gasteiger partial charge in [0.1, 0.15) is 23.1 Å². The van der Waals surface area contributed by atoms with Crippen molar-refractivity contribution >= 4 is 23.4 Å². The number of benzene rings is 1. The molecule has 0 radical (unpaired) electrons. The number of anilines is 4. The van der Waals surface area contributed by atoms with Gasteiger partial charge in [-0.25, -0.2) is 22.5 Å². The molecule has 7 nitrogen and oxygen atoms in total. The topological polar surface area (TPSA) is 87.7 Å². The second-order valence-corrected chi connectivity index (χ2v) is 6.17. The smallest absolute Gasteiger partial charge is 0.262 e. The molecule has 3 aromatic rings. The maximum Gasteiger partial charge on any atom is 0.262 e. The molecule has 3 rings (SSSR count). The maximum atomic E-state index is 13.4. The number of hydrogen-bond acceptors (Lipinski definition) is 7. The van der Waals surface area contributed by atoms with E-state index in [1.54, 1.807) is 25.2 Å². The number of pyridine rings is 1. The lowest BCUT2D eigenvalue weighted by Crippen LogP contribution is -2.24. The molecule has 2 heterocycles. The van der Waals surface area contributed by atoms with Crippen LogP contribution >= 0.6 is 0 Å². The summed E-state index contributed by atoms with van der Waals surface area (Å²) in [6.07, 6.45) is 0. The average Bonchev–Trinajstić information content (AvgIpc) is 2.65. The average molecular weight is 407 g/mol. The van der Waals surface area contributed by atoms with Crippen molar-refractivity contribution < 1.29 is 17.6 Å². The zero-order valence-electron chi connectivity index (χ0n) is 15.5. The Morgan fingerprint density at radius 3 is 2.28 bits per heavy atom. The lowest BCUT2D eigenvalue weighted by atomic mass is 10.3. The van der Waals surface area contributed by atoms with E-state index in [0.29, 0.717) is 17.6 Å². The van der Waals surface area contributed by atoms with Gasteiger partial charge < -0.3 is 16.0 Å². The van der Waals surface area contributed by atoms with Crippen molar-refractivity contribution in [1.29, 1.82) is 0 Å². The van der Waals surface area contributed by atoms with Gasteiger partial charge in [-0.05, 0) is 24.3 Å². The van der Waals surface area contributed by atoms with Crippen molar-refractivity contribution in [3.05, 3.63) is 48.0 Å². The summed E-state index contributed by atoms with van der Waals surface area (Å²) in [5, 5.41) is 7.94. The summed E-state index contributed by atoms with van der Waals surface area (Å²) >= 11 is 0. The van der Waals surface area contributed by atoms with E-state index in [1.165, 1.54) is 0 Å². The van der Waals surface area contributed by atoms with Crippen molar-refractivity contribution in [1.82, 2.24) is 19.9 Å². The van der Waals surface area contributed by atoms with Crippen molar-refractivity contribution in [2.24, 2.45) is 0 Å². The van der Waals surface area contributed by atoms with Crippen LogP contribution in [-0.4, -0.2) is 39.5 Å². The van der Waals surface area contributed by atoms with E-state index in [9.17, 15) is 17.6 Å². The highest BCUT2D eigenvalue weighted by molar-refractivity contribution is 5.60. The van der Waals surface area contributed by atoms with Gasteiger partial charge in [0, 0.05) is 25.7 Å². The third kappa shape index (κ3) is 5.74. The lowest BCUT2D eigenvalue weighted by molar-refractivity contribution is 0.0366. The molecule has 1 aromatic carbocycles. The second kappa shape index (κ2) is 8.25. The Labute approximate surface area is 163 Å². The summed E-state index contributed by atoms with van der Waals surface area (Å²) < 4.78 is 53.3. The molecule has 0 atom stereocenters. The van der Waals surface area contributed by atoms with Crippen LogP contribution in [-0.2, 0) is 0 Å². The van der Waals surface area contributed by atoms with Crippen LogP contribution in [0.15, 0.2) is 36.4 Å². The lowest BCUT2D eigenvalue weighted by Gasteiger charge is -2.13. The molecule has 0 bridgehead atoms. The van der Waals surface area contributed by atoms with E-state index in [0.717, 1.165) is 19.1 Å². The van der Waals surface area contributed by atoms with Crippen molar-refractivity contribution in [3.63, 3.8) is 0 Å². The van der Waals surface area contributed by atoms with Gasteiger partial charge in [-0.15, -0.1) is 0 Å². The Morgan fingerprint density at radius 1 is 0.931 bits per heavy atom. The van der Waals surface area contributed by atoms with Crippen LogP contribution in [0.1, 0.15) is 6.92 Å². The molecule has 0 unspecified atom stereocenters. The molecule has 0 fully saturated rings. The van der Waals surface area contributed by atoms with Gasteiger partial charge in [-0.1, -0.05) is 6.07 Å². The molecular formula is C18H17F4N7. The number of halogens is 4. The van der Waals surface area contributed by atoms with Crippen molar-refractivity contribution in [3.8, 4) is 11.5 Å². The van der Waals surface area contributed by atoms with E-state index in [1.807, 2.05) is 0 Å². The molecule has 29 heavy (non-hydrogen) atoms. The minimum Gasteiger partial charge on any atom is -0.373 e. The monoisotopic (exact) mass is 407 g/mol. The fourth-order valence-corrected chi connectivity index (χ4v) is 2.31. The third-order valence-electron chi connectivity index (χ3n) is 3.55. The number of rotatable bonds is 7. The summed E-state index contributed by atoms with van der Waals surface area (Å²) in [4.78, 5) is 16.6. The molecule has 0 aliphatic heterocycles. The van der Waals surface area contributed by atoms with Gasteiger partial charge in [-0.3, -0.25) is 0 Å². The Kier molecular flexibility index (Phi) is 5.76. The first-order valence-electron chi connectivity index (χ1n) is 8.48. The Balaban J connectivity index is 1.99. The Hall–Kier alpha value is -3.50. The molecule has 0 saturated carbocycles. The second-order valence-electron chi connectivity index (χ2n) is 6.17. The Morgan fingerprint density at radius 2 is 1.62 bits per heavy atom. The van der Waals surface area contributed by atoms with Crippen LogP contribution < -0.4 is 16.0 Å². The van der Waals surface area contributed by atoms with Crippen molar-refractivity contribution in [2.45, 2.75) is 12.8 Å². The van der Waals surface area contributed by atoms with Crippen LogP contribution in [0.25, 0.3) is 11.5 Å². The predicted octanol–water partition coefficient (Wildman–Crippen LogP) is 4.06.